The monoisotopic (exact) mass is 518 g/mol. The lowest BCUT2D eigenvalue weighted by Gasteiger charge is -2.31. The van der Waals surface area contributed by atoms with Crippen LogP contribution in [-0.2, 0) is 4.84 Å². The molecule has 6 nitrogen and oxygen atoms in total. The molecule has 35 heavy (non-hydrogen) atoms. The van der Waals surface area contributed by atoms with Gasteiger partial charge in [-0.2, -0.15) is 0 Å². The van der Waals surface area contributed by atoms with Crippen LogP contribution in [0.4, 0.5) is 8.78 Å². The van der Waals surface area contributed by atoms with E-state index in [9.17, 15) is 13.6 Å². The molecular formula is C25H22Cl2F2N4O2. The van der Waals surface area contributed by atoms with Crippen molar-refractivity contribution in [1.82, 2.24) is 9.47 Å². The number of aromatic nitrogens is 1. The summed E-state index contributed by atoms with van der Waals surface area (Å²) in [6.45, 7) is 3.02. The Bertz CT molecular complexity index is 1330. The number of nitrogens with one attached hydrogen (secondary N) is 1. The normalized spacial score (nSPS) is 14.8. The lowest BCUT2D eigenvalue weighted by molar-refractivity contribution is 0.0232. The number of oxime groups is 1. The zero-order valence-electron chi connectivity index (χ0n) is 18.8. The summed E-state index contributed by atoms with van der Waals surface area (Å²) in [5, 5.41) is 12.5. The second-order valence-corrected chi connectivity index (χ2v) is 8.95. The molecule has 10 heteroatoms. The molecule has 1 aliphatic rings. The van der Waals surface area contributed by atoms with Crippen molar-refractivity contribution in [3.05, 3.63) is 97.9 Å². The van der Waals surface area contributed by atoms with E-state index in [4.69, 9.17) is 33.4 Å². The number of halogens is 4. The molecule has 2 heterocycles. The quantitative estimate of drug-likeness (QED) is 0.269. The Balaban J connectivity index is 1.75. The van der Waals surface area contributed by atoms with E-state index < -0.39 is 17.2 Å². The molecule has 1 aromatic heterocycles. The third-order valence-electron chi connectivity index (χ3n) is 5.76. The number of piperidine rings is 1. The fraction of sp³-hybridized carbons (Fsp3) is 0.240. The fourth-order valence-electron chi connectivity index (χ4n) is 3.88. The maximum atomic E-state index is 14.8. The predicted molar refractivity (Wildman–Crippen MR) is 133 cm³/mol. The fourth-order valence-corrected chi connectivity index (χ4v) is 4.46. The van der Waals surface area contributed by atoms with Crippen LogP contribution in [0.25, 0.3) is 5.69 Å². The van der Waals surface area contributed by atoms with Gasteiger partial charge in [0.05, 0.1) is 21.6 Å². The van der Waals surface area contributed by atoms with Crippen LogP contribution in [0.3, 0.4) is 0 Å². The molecule has 0 saturated carbocycles. The van der Waals surface area contributed by atoms with E-state index in [-0.39, 0.29) is 33.1 Å². The van der Waals surface area contributed by atoms with E-state index in [1.165, 1.54) is 29.0 Å². The first-order chi connectivity index (χ1) is 16.7. The highest BCUT2D eigenvalue weighted by atomic mass is 35.5. The molecule has 1 saturated heterocycles. The van der Waals surface area contributed by atoms with Gasteiger partial charge in [-0.05, 0) is 37.3 Å². The molecular weight excluding hydrogens is 497 g/mol. The first-order valence-corrected chi connectivity index (χ1v) is 11.7. The molecule has 0 radical (unpaired) electrons. The van der Waals surface area contributed by atoms with E-state index in [0.717, 1.165) is 12.1 Å². The van der Waals surface area contributed by atoms with E-state index in [2.05, 4.69) is 5.16 Å². The van der Waals surface area contributed by atoms with Crippen LogP contribution in [0.2, 0.25) is 10.0 Å². The van der Waals surface area contributed by atoms with Crippen molar-refractivity contribution in [2.75, 3.05) is 13.1 Å². The van der Waals surface area contributed by atoms with Gasteiger partial charge in [-0.1, -0.05) is 34.4 Å². The SMILES string of the molecule is CC(=N)N1CCC(O/N=C(/c2ccc(=O)n(-c3c(Cl)cccc3Cl)c2)c2ccc(F)cc2F)CC1. The van der Waals surface area contributed by atoms with Crippen LogP contribution >= 0.6 is 23.2 Å². The summed E-state index contributed by atoms with van der Waals surface area (Å²) in [6.07, 6.45) is 2.47. The largest absolute Gasteiger partial charge is 0.392 e. The Morgan fingerprint density at radius 2 is 1.77 bits per heavy atom. The lowest BCUT2D eigenvalue weighted by atomic mass is 10.0. The topological polar surface area (TPSA) is 70.7 Å². The van der Waals surface area contributed by atoms with Gasteiger partial charge in [0.15, 0.2) is 0 Å². The average molecular weight is 519 g/mol. The smallest absolute Gasteiger partial charge is 0.255 e. The zero-order chi connectivity index (χ0) is 25.1. The van der Waals surface area contributed by atoms with Crippen LogP contribution in [0.5, 0.6) is 0 Å². The van der Waals surface area contributed by atoms with Gasteiger partial charge >= 0.3 is 0 Å². The predicted octanol–water partition coefficient (Wildman–Crippen LogP) is 5.65. The van der Waals surface area contributed by atoms with Crippen molar-refractivity contribution in [2.24, 2.45) is 5.16 Å². The Labute approximate surface area is 210 Å². The molecule has 0 unspecified atom stereocenters. The standard InChI is InChI=1S/C25H22Cl2F2N4O2/c1-15(30)32-11-9-18(10-12-32)35-31-24(19-7-6-17(28)13-22(19)29)16-5-8-23(34)33(14-16)25-20(26)3-2-4-21(25)27/h2-8,13-14,18,30H,9-12H2,1H3/b30-15?,31-24-. The molecule has 0 amide bonds. The maximum Gasteiger partial charge on any atom is 0.255 e. The molecule has 3 aromatic rings. The molecule has 0 bridgehead atoms. The van der Waals surface area contributed by atoms with Gasteiger partial charge < -0.3 is 9.74 Å². The van der Waals surface area contributed by atoms with E-state index >= 15 is 0 Å². The molecule has 4 rings (SSSR count). The van der Waals surface area contributed by atoms with E-state index in [1.807, 2.05) is 4.90 Å². The van der Waals surface area contributed by atoms with Crippen molar-refractivity contribution < 1.29 is 13.6 Å². The summed E-state index contributed by atoms with van der Waals surface area (Å²) in [5.41, 5.74) is 0.313. The molecule has 1 aliphatic heterocycles. The second-order valence-electron chi connectivity index (χ2n) is 8.14. The molecule has 0 atom stereocenters. The van der Waals surface area contributed by atoms with Crippen LogP contribution in [0.15, 0.2) is 64.7 Å². The number of likely N-dealkylation sites (tertiary alicyclic amines) is 1. The zero-order valence-corrected chi connectivity index (χ0v) is 20.3. The minimum absolute atomic E-state index is 0.00891. The van der Waals surface area contributed by atoms with Crippen LogP contribution in [-0.4, -0.2) is 40.2 Å². The molecule has 1 fully saturated rings. The second kappa shape index (κ2) is 10.6. The summed E-state index contributed by atoms with van der Waals surface area (Å²) >= 11 is 12.6. The van der Waals surface area contributed by atoms with Gasteiger partial charge in [0.1, 0.15) is 23.5 Å². The Hall–Kier alpha value is -3.23. The summed E-state index contributed by atoms with van der Waals surface area (Å²) in [6, 6.07) is 10.8. The summed E-state index contributed by atoms with van der Waals surface area (Å²) < 4.78 is 29.7. The molecule has 2 aromatic carbocycles. The van der Waals surface area contributed by atoms with Crippen LogP contribution in [0.1, 0.15) is 30.9 Å². The molecule has 182 valence electrons. The minimum atomic E-state index is -0.824. The van der Waals surface area contributed by atoms with Gasteiger partial charge in [0.2, 0.25) is 0 Å². The highest BCUT2D eigenvalue weighted by Crippen LogP contribution is 2.28. The van der Waals surface area contributed by atoms with Gasteiger partial charge in [-0.3, -0.25) is 14.8 Å². The average Bonchev–Trinajstić information content (AvgIpc) is 2.82. The number of benzene rings is 2. The van der Waals surface area contributed by atoms with Crippen molar-refractivity contribution in [2.45, 2.75) is 25.9 Å². The molecule has 0 aliphatic carbocycles. The number of rotatable bonds is 5. The maximum absolute atomic E-state index is 14.8. The number of hydrogen-bond acceptors (Lipinski definition) is 4. The van der Waals surface area contributed by atoms with E-state index in [1.54, 1.807) is 25.1 Å². The highest BCUT2D eigenvalue weighted by molar-refractivity contribution is 6.37. The summed E-state index contributed by atoms with van der Waals surface area (Å²) in [7, 11) is 0. The van der Waals surface area contributed by atoms with Gasteiger partial charge in [0.25, 0.3) is 5.56 Å². The van der Waals surface area contributed by atoms with Gasteiger partial charge in [0, 0.05) is 55.4 Å². The number of para-hydroxylation sites is 1. The summed E-state index contributed by atoms with van der Waals surface area (Å²) in [4.78, 5) is 20.4. The summed E-state index contributed by atoms with van der Waals surface area (Å²) in [5.74, 6) is -1.06. The number of nitrogens with zero attached hydrogens (tertiary/aromatic N) is 3. The van der Waals surface area contributed by atoms with Crippen LogP contribution < -0.4 is 5.56 Å². The van der Waals surface area contributed by atoms with Crippen molar-refractivity contribution in [1.29, 1.82) is 5.41 Å². The Morgan fingerprint density at radius 1 is 1.09 bits per heavy atom. The number of pyridine rings is 1. The number of amidine groups is 1. The van der Waals surface area contributed by atoms with Gasteiger partial charge in [-0.15, -0.1) is 0 Å². The Morgan fingerprint density at radius 3 is 2.40 bits per heavy atom. The van der Waals surface area contributed by atoms with Crippen LogP contribution in [0, 0.1) is 17.0 Å². The van der Waals surface area contributed by atoms with Crippen molar-refractivity contribution >= 4 is 34.7 Å². The van der Waals surface area contributed by atoms with Crippen molar-refractivity contribution in [3.63, 3.8) is 0 Å². The van der Waals surface area contributed by atoms with Crippen molar-refractivity contribution in [3.8, 4) is 5.69 Å². The van der Waals surface area contributed by atoms with Gasteiger partial charge in [-0.25, -0.2) is 8.78 Å². The van der Waals surface area contributed by atoms with E-state index in [0.29, 0.717) is 37.3 Å². The Kier molecular flexibility index (Phi) is 7.52. The third-order valence-corrected chi connectivity index (χ3v) is 6.37. The lowest BCUT2D eigenvalue weighted by Crippen LogP contribution is -2.39. The molecule has 0 spiro atoms. The number of hydrogen-bond donors (Lipinski definition) is 1. The first kappa shape index (κ1) is 24.9. The molecule has 1 N–H and O–H groups in total. The third kappa shape index (κ3) is 5.55. The minimum Gasteiger partial charge on any atom is -0.392 e. The first-order valence-electron chi connectivity index (χ1n) is 10.9. The highest BCUT2D eigenvalue weighted by Gasteiger charge is 2.22.